The molecule has 0 spiro atoms. The summed E-state index contributed by atoms with van der Waals surface area (Å²) in [4.78, 5) is 15.7. The van der Waals surface area contributed by atoms with Crippen molar-refractivity contribution in [2.45, 2.75) is 0 Å². The van der Waals surface area contributed by atoms with Crippen molar-refractivity contribution in [2.75, 3.05) is 7.11 Å². The summed E-state index contributed by atoms with van der Waals surface area (Å²) in [5, 5.41) is 1.50. The van der Waals surface area contributed by atoms with Crippen LogP contribution in [0.25, 0.3) is 10.9 Å². The van der Waals surface area contributed by atoms with Crippen LogP contribution in [0.3, 0.4) is 0 Å². The summed E-state index contributed by atoms with van der Waals surface area (Å²) in [6.45, 7) is 0. The number of esters is 1. The van der Waals surface area contributed by atoms with Crippen LogP contribution in [0.5, 0.6) is 0 Å². The van der Waals surface area contributed by atoms with Crippen LogP contribution in [0.2, 0.25) is 10.0 Å². The molecule has 17 heavy (non-hydrogen) atoms. The van der Waals surface area contributed by atoms with Crippen molar-refractivity contribution in [3.63, 3.8) is 0 Å². The number of fused-ring (bicyclic) bond motifs is 1. The highest BCUT2D eigenvalue weighted by Crippen LogP contribution is 2.31. The van der Waals surface area contributed by atoms with Crippen molar-refractivity contribution in [1.82, 2.24) is 4.98 Å². The molecule has 1 aromatic carbocycles. The van der Waals surface area contributed by atoms with Crippen LogP contribution in [0.4, 0.5) is 0 Å². The summed E-state index contributed by atoms with van der Waals surface area (Å²) in [7, 11) is 1.30. The molecule has 2 rings (SSSR count). The topological polar surface area (TPSA) is 39.2 Å². The number of nitrogens with zero attached hydrogens (tertiary/aromatic N) is 1. The Morgan fingerprint density at radius 2 is 2.12 bits per heavy atom. The van der Waals surface area contributed by atoms with Crippen LogP contribution in [0, 0.1) is 3.57 Å². The minimum atomic E-state index is -0.514. The lowest BCUT2D eigenvalue weighted by Crippen LogP contribution is -2.03. The van der Waals surface area contributed by atoms with Crippen molar-refractivity contribution >= 4 is 62.7 Å². The molecule has 0 saturated carbocycles. The first-order valence-electron chi connectivity index (χ1n) is 4.56. The average Bonchev–Trinajstić information content (AvgIpc) is 2.29. The lowest BCUT2D eigenvalue weighted by atomic mass is 10.1. The zero-order valence-corrected chi connectivity index (χ0v) is 12.3. The van der Waals surface area contributed by atoms with Crippen LogP contribution >= 0.6 is 45.8 Å². The molecule has 6 heteroatoms. The van der Waals surface area contributed by atoms with Crippen molar-refractivity contribution in [1.29, 1.82) is 0 Å². The summed E-state index contributed by atoms with van der Waals surface area (Å²) in [6.07, 6.45) is 1.41. The molecule has 0 aliphatic rings. The molecule has 0 saturated heterocycles. The number of halogens is 3. The first-order valence-corrected chi connectivity index (χ1v) is 6.39. The van der Waals surface area contributed by atoms with Crippen molar-refractivity contribution in [3.8, 4) is 0 Å². The van der Waals surface area contributed by atoms with Gasteiger partial charge < -0.3 is 4.74 Å². The quantitative estimate of drug-likeness (QED) is 0.555. The van der Waals surface area contributed by atoms with Crippen LogP contribution in [0.1, 0.15) is 10.4 Å². The Labute approximate surface area is 121 Å². The van der Waals surface area contributed by atoms with E-state index in [-0.39, 0.29) is 5.56 Å². The average molecular weight is 382 g/mol. The van der Waals surface area contributed by atoms with Gasteiger partial charge in [0.05, 0.1) is 23.2 Å². The zero-order chi connectivity index (χ0) is 12.6. The van der Waals surface area contributed by atoms with E-state index in [1.54, 1.807) is 12.1 Å². The number of rotatable bonds is 1. The van der Waals surface area contributed by atoms with Gasteiger partial charge in [0.15, 0.2) is 0 Å². The smallest absolute Gasteiger partial charge is 0.340 e. The Morgan fingerprint density at radius 3 is 2.76 bits per heavy atom. The fraction of sp³-hybridized carbons (Fsp3) is 0.0909. The maximum absolute atomic E-state index is 11.5. The van der Waals surface area contributed by atoms with E-state index in [1.165, 1.54) is 13.3 Å². The predicted octanol–water partition coefficient (Wildman–Crippen LogP) is 3.93. The highest BCUT2D eigenvalue weighted by molar-refractivity contribution is 14.1. The van der Waals surface area contributed by atoms with Gasteiger partial charge in [-0.2, -0.15) is 0 Å². The van der Waals surface area contributed by atoms with Crippen molar-refractivity contribution < 1.29 is 9.53 Å². The first-order chi connectivity index (χ1) is 8.04. The van der Waals surface area contributed by atoms with Crippen LogP contribution in [-0.4, -0.2) is 18.1 Å². The molecule has 0 fully saturated rings. The van der Waals surface area contributed by atoms with Gasteiger partial charge in [-0.3, -0.25) is 4.98 Å². The van der Waals surface area contributed by atoms with E-state index in [0.29, 0.717) is 20.9 Å². The SMILES string of the molecule is COC(=O)c1cnc2c(I)cc(Cl)cc2c1Cl. The van der Waals surface area contributed by atoms with E-state index >= 15 is 0 Å². The Kier molecular flexibility index (Phi) is 3.75. The number of methoxy groups -OCH3 is 1. The molecule has 1 aromatic heterocycles. The molecule has 0 aliphatic carbocycles. The number of hydrogen-bond donors (Lipinski definition) is 0. The Hall–Kier alpha value is -0.590. The molecule has 88 valence electrons. The minimum Gasteiger partial charge on any atom is -0.465 e. The molecule has 1 heterocycles. The number of carbonyl (C=O) groups is 1. The Morgan fingerprint density at radius 1 is 1.41 bits per heavy atom. The summed E-state index contributed by atoms with van der Waals surface area (Å²) < 4.78 is 5.51. The molecular formula is C11H6Cl2INO2. The summed E-state index contributed by atoms with van der Waals surface area (Å²) in [5.74, 6) is -0.514. The third-order valence-corrected chi connectivity index (χ3v) is 3.68. The highest BCUT2D eigenvalue weighted by atomic mass is 127. The second kappa shape index (κ2) is 4.96. The second-order valence-electron chi connectivity index (χ2n) is 3.26. The number of pyridine rings is 1. The lowest BCUT2D eigenvalue weighted by molar-refractivity contribution is 0.0600. The summed E-state index contributed by atoms with van der Waals surface area (Å²) in [5.41, 5.74) is 0.951. The summed E-state index contributed by atoms with van der Waals surface area (Å²) >= 11 is 14.2. The van der Waals surface area contributed by atoms with Gasteiger partial charge in [-0.1, -0.05) is 23.2 Å². The third kappa shape index (κ3) is 2.34. The normalized spacial score (nSPS) is 10.6. The van der Waals surface area contributed by atoms with Gasteiger partial charge in [-0.15, -0.1) is 0 Å². The molecule has 0 bridgehead atoms. The lowest BCUT2D eigenvalue weighted by Gasteiger charge is -2.07. The van der Waals surface area contributed by atoms with Crippen molar-refractivity contribution in [3.05, 3.63) is 37.5 Å². The zero-order valence-electron chi connectivity index (χ0n) is 8.63. The first kappa shape index (κ1) is 12.9. The Bertz CT molecular complexity index is 616. The number of carbonyl (C=O) groups excluding carboxylic acids is 1. The number of aromatic nitrogens is 1. The maximum Gasteiger partial charge on any atom is 0.340 e. The number of hydrogen-bond acceptors (Lipinski definition) is 3. The minimum absolute atomic E-state index is 0.236. The second-order valence-corrected chi connectivity index (χ2v) is 5.24. The van der Waals surface area contributed by atoms with Gasteiger partial charge in [0.1, 0.15) is 0 Å². The van der Waals surface area contributed by atoms with Gasteiger partial charge in [0.2, 0.25) is 0 Å². The summed E-state index contributed by atoms with van der Waals surface area (Å²) in [6, 6.07) is 3.46. The predicted molar refractivity (Wildman–Crippen MR) is 75.8 cm³/mol. The van der Waals surface area contributed by atoms with E-state index in [4.69, 9.17) is 23.2 Å². The molecule has 0 atom stereocenters. The Balaban J connectivity index is 2.79. The van der Waals surface area contributed by atoms with E-state index in [2.05, 4.69) is 32.3 Å². The number of ether oxygens (including phenoxy) is 1. The van der Waals surface area contributed by atoms with Gasteiger partial charge in [0, 0.05) is 20.2 Å². The van der Waals surface area contributed by atoms with Crippen LogP contribution in [-0.2, 0) is 4.74 Å². The van der Waals surface area contributed by atoms with Gasteiger partial charge in [-0.05, 0) is 34.7 Å². The monoisotopic (exact) mass is 381 g/mol. The molecule has 0 aliphatic heterocycles. The fourth-order valence-electron chi connectivity index (χ4n) is 1.45. The van der Waals surface area contributed by atoms with E-state index in [1.807, 2.05) is 0 Å². The molecule has 0 N–H and O–H groups in total. The maximum atomic E-state index is 11.5. The fourth-order valence-corrected chi connectivity index (χ4v) is 2.89. The molecule has 2 aromatic rings. The molecule has 0 amide bonds. The molecule has 0 radical (unpaired) electrons. The molecule has 0 unspecified atom stereocenters. The van der Waals surface area contributed by atoms with E-state index < -0.39 is 5.97 Å². The van der Waals surface area contributed by atoms with E-state index in [0.717, 1.165) is 3.57 Å². The van der Waals surface area contributed by atoms with Gasteiger partial charge in [-0.25, -0.2) is 4.79 Å². The van der Waals surface area contributed by atoms with Gasteiger partial charge in [0.25, 0.3) is 0 Å². The highest BCUT2D eigenvalue weighted by Gasteiger charge is 2.15. The molecule has 3 nitrogen and oxygen atoms in total. The molecular weight excluding hydrogens is 376 g/mol. The number of benzene rings is 1. The van der Waals surface area contributed by atoms with Crippen LogP contribution < -0.4 is 0 Å². The largest absolute Gasteiger partial charge is 0.465 e. The van der Waals surface area contributed by atoms with Crippen LogP contribution in [0.15, 0.2) is 18.3 Å². The standard InChI is InChI=1S/C11H6Cl2INO2/c1-17-11(16)7-4-15-10-6(9(7)13)2-5(12)3-8(10)14/h2-4H,1H3. The van der Waals surface area contributed by atoms with E-state index in [9.17, 15) is 4.79 Å². The van der Waals surface area contributed by atoms with Crippen molar-refractivity contribution in [2.24, 2.45) is 0 Å². The third-order valence-electron chi connectivity index (χ3n) is 2.23. The van der Waals surface area contributed by atoms with Gasteiger partial charge >= 0.3 is 5.97 Å².